The molecule has 0 aliphatic carbocycles. The fraction of sp³-hybridized carbons (Fsp3) is 0.500. The van der Waals surface area contributed by atoms with E-state index in [0.29, 0.717) is 38.3 Å². The minimum Gasteiger partial charge on any atom is -0.390 e. The SMILES string of the molecule is C[C@@H]1Cn2c(cc3ccccc32)[C@@H](c2c(F)cc([C@@H](O)C3CN(CCCF)C3)cc2F)N1CC(F)(F)CO. The van der Waals surface area contributed by atoms with Crippen LogP contribution < -0.4 is 0 Å². The number of benzene rings is 2. The van der Waals surface area contributed by atoms with Gasteiger partial charge in [-0.15, -0.1) is 0 Å². The van der Waals surface area contributed by atoms with Crippen molar-refractivity contribution in [2.24, 2.45) is 5.92 Å². The first-order chi connectivity index (χ1) is 18.1. The molecule has 10 heteroatoms. The molecule has 5 nitrogen and oxygen atoms in total. The van der Waals surface area contributed by atoms with Crippen LogP contribution in [0.4, 0.5) is 22.0 Å². The van der Waals surface area contributed by atoms with Gasteiger partial charge in [-0.2, -0.15) is 0 Å². The maximum absolute atomic E-state index is 15.8. The van der Waals surface area contributed by atoms with Crippen LogP contribution in [0.1, 0.15) is 42.3 Å². The Morgan fingerprint density at radius 3 is 2.39 bits per heavy atom. The predicted molar refractivity (Wildman–Crippen MR) is 134 cm³/mol. The third-order valence-corrected chi connectivity index (χ3v) is 7.87. The summed E-state index contributed by atoms with van der Waals surface area (Å²) in [7, 11) is 0. The van der Waals surface area contributed by atoms with E-state index in [9.17, 15) is 23.4 Å². The highest BCUT2D eigenvalue weighted by molar-refractivity contribution is 5.82. The second-order valence-corrected chi connectivity index (χ2v) is 10.6. The van der Waals surface area contributed by atoms with Gasteiger partial charge in [-0.3, -0.25) is 9.29 Å². The average molecular weight is 538 g/mol. The molecule has 0 spiro atoms. The molecule has 206 valence electrons. The van der Waals surface area contributed by atoms with Crippen LogP contribution in [0.5, 0.6) is 0 Å². The fourth-order valence-corrected chi connectivity index (χ4v) is 5.92. The van der Waals surface area contributed by atoms with Crippen LogP contribution in [0.25, 0.3) is 10.9 Å². The van der Waals surface area contributed by atoms with Gasteiger partial charge in [-0.25, -0.2) is 17.6 Å². The Kier molecular flexibility index (Phi) is 7.52. The molecule has 3 heterocycles. The zero-order valence-electron chi connectivity index (χ0n) is 21.1. The summed E-state index contributed by atoms with van der Waals surface area (Å²) >= 11 is 0. The number of hydrogen-bond acceptors (Lipinski definition) is 4. The Bertz CT molecular complexity index is 1270. The van der Waals surface area contributed by atoms with Gasteiger partial charge in [-0.1, -0.05) is 18.2 Å². The summed E-state index contributed by atoms with van der Waals surface area (Å²) in [5.74, 6) is -5.57. The van der Waals surface area contributed by atoms with Gasteiger partial charge in [0.2, 0.25) is 0 Å². The molecule has 3 atom stereocenters. The lowest BCUT2D eigenvalue weighted by Crippen LogP contribution is -2.51. The van der Waals surface area contributed by atoms with Crippen LogP contribution in [0.3, 0.4) is 0 Å². The summed E-state index contributed by atoms with van der Waals surface area (Å²) in [4.78, 5) is 3.31. The van der Waals surface area contributed by atoms with Crippen LogP contribution >= 0.6 is 0 Å². The van der Waals surface area contributed by atoms with E-state index in [1.165, 1.54) is 4.90 Å². The van der Waals surface area contributed by atoms with Crippen molar-refractivity contribution in [1.82, 2.24) is 14.4 Å². The molecule has 0 radical (unpaired) electrons. The van der Waals surface area contributed by atoms with Crippen LogP contribution in [-0.2, 0) is 6.54 Å². The first-order valence-electron chi connectivity index (χ1n) is 12.9. The monoisotopic (exact) mass is 537 g/mol. The highest BCUT2D eigenvalue weighted by Gasteiger charge is 2.43. The number of alkyl halides is 3. The molecule has 3 aromatic rings. The van der Waals surface area contributed by atoms with E-state index in [1.54, 1.807) is 13.0 Å². The Labute approximate surface area is 218 Å². The third-order valence-electron chi connectivity index (χ3n) is 7.87. The van der Waals surface area contributed by atoms with E-state index in [4.69, 9.17) is 0 Å². The summed E-state index contributed by atoms with van der Waals surface area (Å²) in [6, 6.07) is 9.66. The third kappa shape index (κ3) is 4.95. The maximum Gasteiger partial charge on any atom is 0.283 e. The molecule has 1 saturated heterocycles. The Morgan fingerprint density at radius 1 is 1.05 bits per heavy atom. The molecule has 5 rings (SSSR count). The fourth-order valence-electron chi connectivity index (χ4n) is 5.92. The largest absolute Gasteiger partial charge is 0.390 e. The Balaban J connectivity index is 1.53. The summed E-state index contributed by atoms with van der Waals surface area (Å²) < 4.78 is 74.8. The van der Waals surface area contributed by atoms with Crippen molar-refractivity contribution in [2.75, 3.05) is 39.5 Å². The first kappa shape index (κ1) is 27.1. The van der Waals surface area contributed by atoms with E-state index in [2.05, 4.69) is 0 Å². The molecule has 0 unspecified atom stereocenters. The quantitative estimate of drug-likeness (QED) is 0.390. The number of halogens is 5. The standard InChI is InChI=1S/C28H32F5N3O2/c1-17-12-35-23-6-3-2-5-18(23)11-24(35)26(36(17)15-28(32,33)16-37)25-21(30)9-19(10-22(25)31)27(38)20-13-34(14-20)8-4-7-29/h2-3,5-6,9-11,17,20,26-27,37-38H,4,7-8,12-16H2,1H3/t17-,26+,27-/m1/s1. The van der Waals surface area contributed by atoms with Crippen LogP contribution in [0.15, 0.2) is 42.5 Å². The van der Waals surface area contributed by atoms with Gasteiger partial charge in [0.15, 0.2) is 0 Å². The first-order valence-corrected chi connectivity index (χ1v) is 12.9. The second kappa shape index (κ2) is 10.6. The molecule has 0 amide bonds. The van der Waals surface area contributed by atoms with E-state index in [0.717, 1.165) is 23.0 Å². The molecule has 0 bridgehead atoms. The smallest absolute Gasteiger partial charge is 0.283 e. The molecule has 2 aromatic carbocycles. The van der Waals surface area contributed by atoms with E-state index >= 15 is 8.78 Å². The number of fused-ring (bicyclic) bond motifs is 3. The minimum absolute atomic E-state index is 0.0792. The highest BCUT2D eigenvalue weighted by atomic mass is 19.3. The lowest BCUT2D eigenvalue weighted by Gasteiger charge is -2.43. The van der Waals surface area contributed by atoms with Crippen molar-refractivity contribution >= 4 is 10.9 Å². The molecular weight excluding hydrogens is 505 g/mol. The normalized spacial score (nSPS) is 22.0. The maximum atomic E-state index is 15.8. The van der Waals surface area contributed by atoms with E-state index in [-0.39, 0.29) is 17.0 Å². The Morgan fingerprint density at radius 2 is 1.74 bits per heavy atom. The molecule has 0 saturated carbocycles. The van der Waals surface area contributed by atoms with Gasteiger partial charge in [0.1, 0.15) is 18.2 Å². The van der Waals surface area contributed by atoms with Crippen LogP contribution in [0.2, 0.25) is 0 Å². The zero-order chi connectivity index (χ0) is 27.2. The summed E-state index contributed by atoms with van der Waals surface area (Å²) in [6.45, 7) is 0.916. The number of nitrogens with zero attached hydrogens (tertiary/aromatic N) is 3. The van der Waals surface area contributed by atoms with E-state index in [1.807, 2.05) is 33.7 Å². The topological polar surface area (TPSA) is 51.9 Å². The van der Waals surface area contributed by atoms with Gasteiger partial charge in [-0.05, 0) is 48.6 Å². The Hall–Kier alpha value is -2.53. The summed E-state index contributed by atoms with van der Waals surface area (Å²) in [5.41, 5.74) is 1.02. The number of aromatic nitrogens is 1. The minimum atomic E-state index is -3.47. The molecular formula is C28H32F5N3O2. The van der Waals surface area contributed by atoms with Gasteiger partial charge in [0.25, 0.3) is 5.92 Å². The lowest BCUT2D eigenvalue weighted by atomic mass is 9.87. The zero-order valence-corrected chi connectivity index (χ0v) is 21.1. The molecule has 2 N–H and O–H groups in total. The lowest BCUT2D eigenvalue weighted by molar-refractivity contribution is -0.0896. The van der Waals surface area contributed by atoms with Crippen molar-refractivity contribution < 1.29 is 32.2 Å². The molecule has 2 aliphatic rings. The number of likely N-dealkylation sites (tertiary alicyclic amines) is 1. The number of para-hydroxylation sites is 1. The highest BCUT2D eigenvalue weighted by Crippen LogP contribution is 2.42. The summed E-state index contributed by atoms with van der Waals surface area (Å²) in [6.07, 6.45) is -0.718. The number of hydrogen-bond donors (Lipinski definition) is 2. The van der Waals surface area contributed by atoms with E-state index < -0.39 is 55.6 Å². The van der Waals surface area contributed by atoms with Crippen molar-refractivity contribution in [3.63, 3.8) is 0 Å². The number of rotatable bonds is 9. The average Bonchev–Trinajstić information content (AvgIpc) is 3.22. The number of aliphatic hydroxyl groups excluding tert-OH is 2. The van der Waals surface area contributed by atoms with Gasteiger partial charge in [0, 0.05) is 54.9 Å². The van der Waals surface area contributed by atoms with Crippen LogP contribution in [-0.4, -0.2) is 76.0 Å². The van der Waals surface area contributed by atoms with Gasteiger partial charge >= 0.3 is 0 Å². The molecule has 1 fully saturated rings. The predicted octanol–water partition coefficient (Wildman–Crippen LogP) is 4.67. The van der Waals surface area contributed by atoms with Crippen LogP contribution in [0, 0.1) is 17.6 Å². The van der Waals surface area contributed by atoms with Gasteiger partial charge < -0.3 is 19.7 Å². The van der Waals surface area contributed by atoms with Gasteiger partial charge in [0.05, 0.1) is 25.4 Å². The number of aliphatic hydroxyl groups is 2. The van der Waals surface area contributed by atoms with Crippen molar-refractivity contribution in [1.29, 1.82) is 0 Å². The molecule has 2 aliphatic heterocycles. The van der Waals surface area contributed by atoms with Crippen molar-refractivity contribution in [3.8, 4) is 0 Å². The second-order valence-electron chi connectivity index (χ2n) is 10.6. The van der Waals surface area contributed by atoms with Crippen molar-refractivity contribution in [3.05, 3.63) is 70.9 Å². The van der Waals surface area contributed by atoms with Crippen molar-refractivity contribution in [2.45, 2.75) is 44.0 Å². The molecule has 38 heavy (non-hydrogen) atoms. The molecule has 1 aromatic heterocycles. The summed E-state index contributed by atoms with van der Waals surface area (Å²) in [5, 5.41) is 20.9.